The van der Waals surface area contributed by atoms with Crippen LogP contribution in [0.1, 0.15) is 29.4 Å². The first-order chi connectivity index (χ1) is 17.3. The maximum absolute atomic E-state index is 13.3. The molecule has 1 aliphatic rings. The molecule has 0 saturated carbocycles. The number of hydrogen-bond acceptors (Lipinski definition) is 6. The third-order valence-electron chi connectivity index (χ3n) is 6.21. The lowest BCUT2D eigenvalue weighted by Gasteiger charge is -2.27. The molecule has 0 spiro atoms. The molecule has 1 atom stereocenters. The standard InChI is InChI=1S/C27H25N5O4/c1-16-13-23(33)28-20-11-7-8-12-22(20)32(16)24(34)15-36-27(35)19-14-21(18-9-5-4-6-10-18)29-26-25(19)17(2)30-31(26)3/h4-12,14,16H,13,15H2,1-3H3,(H,28,33). The van der Waals surface area contributed by atoms with Crippen molar-refractivity contribution in [2.24, 2.45) is 7.05 Å². The Morgan fingerprint density at radius 1 is 1.11 bits per heavy atom. The van der Waals surface area contributed by atoms with Crippen LogP contribution in [0.5, 0.6) is 0 Å². The van der Waals surface area contributed by atoms with E-state index in [1.807, 2.05) is 30.3 Å². The Kier molecular flexibility index (Phi) is 5.97. The number of carbonyl (C=O) groups excluding carboxylic acids is 3. The second kappa shape index (κ2) is 9.26. The molecule has 1 aliphatic heterocycles. The lowest BCUT2D eigenvalue weighted by Crippen LogP contribution is -2.41. The zero-order chi connectivity index (χ0) is 25.4. The van der Waals surface area contributed by atoms with Gasteiger partial charge in [-0.05, 0) is 32.0 Å². The largest absolute Gasteiger partial charge is 0.452 e. The van der Waals surface area contributed by atoms with E-state index in [1.54, 1.807) is 55.9 Å². The molecule has 0 bridgehead atoms. The molecule has 5 rings (SSSR count). The van der Waals surface area contributed by atoms with Crippen molar-refractivity contribution < 1.29 is 19.1 Å². The highest BCUT2D eigenvalue weighted by Gasteiger charge is 2.30. The van der Waals surface area contributed by atoms with E-state index >= 15 is 0 Å². The minimum Gasteiger partial charge on any atom is -0.452 e. The van der Waals surface area contributed by atoms with Gasteiger partial charge in [0.15, 0.2) is 12.3 Å². The number of para-hydroxylation sites is 2. The molecule has 9 nitrogen and oxygen atoms in total. The molecule has 0 fully saturated rings. The predicted molar refractivity (Wildman–Crippen MR) is 136 cm³/mol. The second-order valence-electron chi connectivity index (χ2n) is 8.79. The summed E-state index contributed by atoms with van der Waals surface area (Å²) in [7, 11) is 1.77. The molecule has 3 heterocycles. The van der Waals surface area contributed by atoms with Gasteiger partial charge in [-0.1, -0.05) is 42.5 Å². The molecule has 2 aromatic carbocycles. The highest BCUT2D eigenvalue weighted by atomic mass is 16.5. The lowest BCUT2D eigenvalue weighted by atomic mass is 10.1. The summed E-state index contributed by atoms with van der Waals surface area (Å²) in [6, 6.07) is 17.8. The first kappa shape index (κ1) is 23.2. The average molecular weight is 484 g/mol. The van der Waals surface area contributed by atoms with Gasteiger partial charge in [0.2, 0.25) is 5.91 Å². The quantitative estimate of drug-likeness (QED) is 0.442. The van der Waals surface area contributed by atoms with Gasteiger partial charge in [-0.3, -0.25) is 14.3 Å². The van der Waals surface area contributed by atoms with Gasteiger partial charge in [0.25, 0.3) is 5.91 Å². The van der Waals surface area contributed by atoms with Crippen LogP contribution in [0.15, 0.2) is 60.7 Å². The van der Waals surface area contributed by atoms with Crippen LogP contribution in [0, 0.1) is 6.92 Å². The topological polar surface area (TPSA) is 106 Å². The number of pyridine rings is 1. The highest BCUT2D eigenvalue weighted by Crippen LogP contribution is 2.32. The number of hydrogen-bond donors (Lipinski definition) is 1. The number of ether oxygens (including phenoxy) is 1. The Morgan fingerprint density at radius 3 is 2.61 bits per heavy atom. The number of fused-ring (bicyclic) bond motifs is 2. The minimum atomic E-state index is -0.644. The predicted octanol–water partition coefficient (Wildman–Crippen LogP) is 3.86. The monoisotopic (exact) mass is 483 g/mol. The van der Waals surface area contributed by atoms with E-state index in [0.717, 1.165) is 5.56 Å². The summed E-state index contributed by atoms with van der Waals surface area (Å²) in [5, 5.41) is 7.82. The fourth-order valence-electron chi connectivity index (χ4n) is 4.61. The van der Waals surface area contributed by atoms with E-state index in [1.165, 1.54) is 4.90 Å². The van der Waals surface area contributed by atoms with Crippen LogP contribution in [0.2, 0.25) is 0 Å². The first-order valence-electron chi connectivity index (χ1n) is 11.6. The van der Waals surface area contributed by atoms with E-state index < -0.39 is 24.5 Å². The normalized spacial score (nSPS) is 15.2. The molecule has 36 heavy (non-hydrogen) atoms. The molecule has 0 radical (unpaired) electrons. The van der Waals surface area contributed by atoms with Crippen molar-refractivity contribution in [3.05, 3.63) is 71.9 Å². The summed E-state index contributed by atoms with van der Waals surface area (Å²) in [4.78, 5) is 45.0. The number of benzene rings is 2. The van der Waals surface area contributed by atoms with Gasteiger partial charge in [-0.25, -0.2) is 9.78 Å². The van der Waals surface area contributed by atoms with Gasteiger partial charge in [-0.15, -0.1) is 0 Å². The summed E-state index contributed by atoms with van der Waals surface area (Å²) in [5.41, 5.74) is 4.03. The number of esters is 1. The third kappa shape index (κ3) is 4.19. The van der Waals surface area contributed by atoms with Gasteiger partial charge in [-0.2, -0.15) is 5.10 Å². The molecule has 0 saturated heterocycles. The van der Waals surface area contributed by atoms with Crippen LogP contribution >= 0.6 is 0 Å². The molecule has 182 valence electrons. The van der Waals surface area contributed by atoms with Gasteiger partial charge in [0, 0.05) is 25.1 Å². The Bertz CT molecular complexity index is 1500. The zero-order valence-corrected chi connectivity index (χ0v) is 20.2. The summed E-state index contributed by atoms with van der Waals surface area (Å²) in [6.45, 7) is 3.11. The van der Waals surface area contributed by atoms with E-state index in [4.69, 9.17) is 9.72 Å². The van der Waals surface area contributed by atoms with Crippen LogP contribution in [0.4, 0.5) is 11.4 Å². The van der Waals surface area contributed by atoms with Crippen LogP contribution < -0.4 is 10.2 Å². The van der Waals surface area contributed by atoms with Crippen LogP contribution in [-0.4, -0.2) is 45.2 Å². The third-order valence-corrected chi connectivity index (χ3v) is 6.21. The van der Waals surface area contributed by atoms with Crippen molar-refractivity contribution >= 4 is 40.2 Å². The van der Waals surface area contributed by atoms with Gasteiger partial charge < -0.3 is 15.0 Å². The van der Waals surface area contributed by atoms with E-state index in [2.05, 4.69) is 10.4 Å². The molecular formula is C27H25N5O4. The molecule has 1 unspecified atom stereocenters. The Morgan fingerprint density at radius 2 is 1.83 bits per heavy atom. The summed E-state index contributed by atoms with van der Waals surface area (Å²) < 4.78 is 7.16. The number of aryl methyl sites for hydroxylation is 2. The number of nitrogens with one attached hydrogen (secondary N) is 1. The SMILES string of the molecule is Cc1nn(C)c2nc(-c3ccccc3)cc(C(=O)OCC(=O)N3c4ccccc4NC(=O)CC3C)c12. The van der Waals surface area contributed by atoms with Gasteiger partial charge >= 0.3 is 5.97 Å². The molecule has 4 aromatic rings. The summed E-state index contributed by atoms with van der Waals surface area (Å²) >= 11 is 0. The van der Waals surface area contributed by atoms with E-state index in [-0.39, 0.29) is 12.3 Å². The van der Waals surface area contributed by atoms with E-state index in [9.17, 15) is 14.4 Å². The number of carbonyl (C=O) groups is 3. The summed E-state index contributed by atoms with van der Waals surface area (Å²) in [6.07, 6.45) is 0.134. The van der Waals surface area contributed by atoms with Crippen molar-refractivity contribution in [3.63, 3.8) is 0 Å². The molecule has 9 heteroatoms. The Balaban J connectivity index is 1.45. The van der Waals surface area contributed by atoms with Crippen LogP contribution in [0.3, 0.4) is 0 Å². The Hall–Kier alpha value is -4.53. The van der Waals surface area contributed by atoms with Crippen LogP contribution in [0.25, 0.3) is 22.3 Å². The van der Waals surface area contributed by atoms with Crippen molar-refractivity contribution in [2.45, 2.75) is 26.3 Å². The maximum atomic E-state index is 13.3. The van der Waals surface area contributed by atoms with E-state index in [0.29, 0.717) is 39.4 Å². The zero-order valence-electron chi connectivity index (χ0n) is 20.2. The number of rotatable bonds is 4. The smallest absolute Gasteiger partial charge is 0.339 e. The molecular weight excluding hydrogens is 458 g/mol. The summed E-state index contributed by atoms with van der Waals surface area (Å²) in [5.74, 6) is -1.24. The fourth-order valence-corrected chi connectivity index (χ4v) is 4.61. The average Bonchev–Trinajstić information content (AvgIpc) is 3.08. The van der Waals surface area contributed by atoms with Crippen LogP contribution in [-0.2, 0) is 21.4 Å². The first-order valence-corrected chi connectivity index (χ1v) is 11.6. The van der Waals surface area contributed by atoms with Crippen molar-refractivity contribution in [3.8, 4) is 11.3 Å². The van der Waals surface area contributed by atoms with Gasteiger partial charge in [0.05, 0.1) is 33.7 Å². The molecule has 2 aromatic heterocycles. The Labute approximate surface area is 207 Å². The number of anilines is 2. The molecule has 0 aliphatic carbocycles. The van der Waals surface area contributed by atoms with Crippen molar-refractivity contribution in [2.75, 3.05) is 16.8 Å². The van der Waals surface area contributed by atoms with Gasteiger partial charge in [0.1, 0.15) is 0 Å². The fraction of sp³-hybridized carbons (Fsp3) is 0.222. The van der Waals surface area contributed by atoms with Crippen molar-refractivity contribution in [1.82, 2.24) is 14.8 Å². The molecule has 2 amide bonds. The number of amides is 2. The van der Waals surface area contributed by atoms with Crippen molar-refractivity contribution in [1.29, 1.82) is 0 Å². The molecule has 1 N–H and O–H groups in total. The highest BCUT2D eigenvalue weighted by molar-refractivity contribution is 6.07. The minimum absolute atomic E-state index is 0.134. The maximum Gasteiger partial charge on any atom is 0.339 e. The lowest BCUT2D eigenvalue weighted by molar-refractivity contribution is -0.122. The number of aromatic nitrogens is 3. The second-order valence-corrected chi connectivity index (χ2v) is 8.79. The number of nitrogens with zero attached hydrogens (tertiary/aromatic N) is 4.